The lowest BCUT2D eigenvalue weighted by Gasteiger charge is -2.21. The number of benzene rings is 1. The Morgan fingerprint density at radius 1 is 0.929 bits per heavy atom. The van der Waals surface area contributed by atoms with E-state index in [2.05, 4.69) is 41.3 Å². The molecule has 1 fully saturated rings. The molecule has 71 valence electrons. The molecule has 1 aliphatic carbocycles. The van der Waals surface area contributed by atoms with E-state index in [1.54, 1.807) is 0 Å². The van der Waals surface area contributed by atoms with Crippen LogP contribution in [0.25, 0.3) is 6.08 Å². The van der Waals surface area contributed by atoms with Gasteiger partial charge in [-0.3, -0.25) is 4.90 Å². The summed E-state index contributed by atoms with van der Waals surface area (Å²) in [6.07, 6.45) is 7.18. The average molecular weight is 184 g/mol. The zero-order chi connectivity index (χ0) is 9.38. The maximum absolute atomic E-state index is 2.50. The molecule has 0 aromatic heterocycles. The summed E-state index contributed by atoms with van der Waals surface area (Å²) in [4.78, 5) is 2.50. The van der Waals surface area contributed by atoms with Crippen LogP contribution in [0.4, 0.5) is 0 Å². The third-order valence-corrected chi connectivity index (χ3v) is 3.10. The van der Waals surface area contributed by atoms with Crippen molar-refractivity contribution in [3.8, 4) is 0 Å². The molecule has 0 N–H and O–H groups in total. The van der Waals surface area contributed by atoms with Crippen LogP contribution < -0.4 is 0 Å². The second-order valence-corrected chi connectivity index (χ2v) is 4.00. The Morgan fingerprint density at radius 2 is 1.71 bits per heavy atom. The third-order valence-electron chi connectivity index (χ3n) is 3.10. The zero-order valence-electron chi connectivity index (χ0n) is 8.24. The van der Waals surface area contributed by atoms with Crippen LogP contribution >= 0.6 is 0 Å². The minimum Gasteiger partial charge on any atom is -0.288 e. The second-order valence-electron chi connectivity index (χ2n) is 4.00. The predicted molar refractivity (Wildman–Crippen MR) is 58.6 cm³/mol. The van der Waals surface area contributed by atoms with Crippen LogP contribution in [0.2, 0.25) is 0 Å². The van der Waals surface area contributed by atoms with Gasteiger partial charge in [-0.1, -0.05) is 36.4 Å². The lowest BCUT2D eigenvalue weighted by Crippen LogP contribution is -2.23. The molecule has 1 aromatic carbocycles. The summed E-state index contributed by atoms with van der Waals surface area (Å²) in [5, 5.41) is 0. The van der Waals surface area contributed by atoms with Gasteiger partial charge in [0.15, 0.2) is 0 Å². The number of fused-ring (bicyclic) bond motifs is 1. The van der Waals surface area contributed by atoms with Gasteiger partial charge in [0.2, 0.25) is 0 Å². The van der Waals surface area contributed by atoms with E-state index >= 15 is 0 Å². The van der Waals surface area contributed by atoms with Gasteiger partial charge in [-0.25, -0.2) is 0 Å². The first-order chi connectivity index (χ1) is 6.95. The highest BCUT2D eigenvalue weighted by Gasteiger charge is 2.26. The topological polar surface area (TPSA) is 3.24 Å². The SMILES string of the molecule is C1=Cc2ccccc2[C]1N1CCCC1. The molecule has 1 heterocycles. The molecule has 0 unspecified atom stereocenters. The highest BCUT2D eigenvalue weighted by Crippen LogP contribution is 2.33. The third kappa shape index (κ3) is 1.20. The molecule has 0 spiro atoms. The standard InChI is InChI=1S/C13H14N/c1-2-6-12-11(5-1)7-8-13(12)14-9-3-4-10-14/h1-2,5-8H,3-4,9-10H2. The summed E-state index contributed by atoms with van der Waals surface area (Å²) in [6, 6.07) is 10.1. The van der Waals surface area contributed by atoms with Crippen molar-refractivity contribution >= 4 is 6.08 Å². The van der Waals surface area contributed by atoms with Gasteiger partial charge < -0.3 is 0 Å². The van der Waals surface area contributed by atoms with E-state index in [4.69, 9.17) is 0 Å². The fourth-order valence-corrected chi connectivity index (χ4v) is 2.37. The van der Waals surface area contributed by atoms with Crippen LogP contribution in [-0.4, -0.2) is 18.0 Å². The Kier molecular flexibility index (Phi) is 1.91. The highest BCUT2D eigenvalue weighted by molar-refractivity contribution is 5.68. The van der Waals surface area contributed by atoms with Crippen molar-refractivity contribution in [3.63, 3.8) is 0 Å². The Bertz CT molecular complexity index is 361. The van der Waals surface area contributed by atoms with Crippen LogP contribution in [0.15, 0.2) is 30.3 Å². The van der Waals surface area contributed by atoms with E-state index < -0.39 is 0 Å². The highest BCUT2D eigenvalue weighted by atomic mass is 15.2. The molecule has 0 saturated carbocycles. The molecule has 14 heavy (non-hydrogen) atoms. The van der Waals surface area contributed by atoms with Crippen LogP contribution in [0.3, 0.4) is 0 Å². The minimum atomic E-state index is 1.23. The maximum atomic E-state index is 2.50. The van der Waals surface area contributed by atoms with E-state index in [1.165, 1.54) is 43.1 Å². The van der Waals surface area contributed by atoms with Crippen molar-refractivity contribution < 1.29 is 0 Å². The molecule has 1 heteroatoms. The van der Waals surface area contributed by atoms with Crippen LogP contribution in [-0.2, 0) is 0 Å². The molecule has 0 bridgehead atoms. The molecule has 1 saturated heterocycles. The van der Waals surface area contributed by atoms with E-state index in [0.29, 0.717) is 0 Å². The van der Waals surface area contributed by atoms with Crippen molar-refractivity contribution in [2.24, 2.45) is 0 Å². The smallest absolute Gasteiger partial charge is 0.0921 e. The number of likely N-dealkylation sites (tertiary alicyclic amines) is 1. The van der Waals surface area contributed by atoms with E-state index in [1.807, 2.05) is 0 Å². The van der Waals surface area contributed by atoms with Crippen LogP contribution in [0, 0.1) is 6.04 Å². The normalized spacial score (nSPS) is 21.7. The first kappa shape index (κ1) is 8.25. The summed E-state index contributed by atoms with van der Waals surface area (Å²) in [6.45, 7) is 2.46. The molecular formula is C13H14N. The first-order valence-corrected chi connectivity index (χ1v) is 5.34. The fourth-order valence-electron chi connectivity index (χ4n) is 2.37. The Morgan fingerprint density at radius 3 is 2.57 bits per heavy atom. The Balaban J connectivity index is 1.93. The molecule has 1 aromatic rings. The van der Waals surface area contributed by atoms with Gasteiger partial charge in [-0.15, -0.1) is 0 Å². The van der Waals surface area contributed by atoms with Crippen molar-refractivity contribution in [3.05, 3.63) is 47.5 Å². The Hall–Kier alpha value is -1.08. The van der Waals surface area contributed by atoms with Gasteiger partial charge in [-0.05, 0) is 37.1 Å². The van der Waals surface area contributed by atoms with Gasteiger partial charge in [0.1, 0.15) is 0 Å². The van der Waals surface area contributed by atoms with Gasteiger partial charge in [0, 0.05) is 0 Å². The minimum absolute atomic E-state index is 1.23. The molecule has 2 aliphatic rings. The van der Waals surface area contributed by atoms with Crippen molar-refractivity contribution in [2.45, 2.75) is 12.8 Å². The van der Waals surface area contributed by atoms with Crippen molar-refractivity contribution in [1.82, 2.24) is 4.90 Å². The van der Waals surface area contributed by atoms with Crippen LogP contribution in [0.1, 0.15) is 24.0 Å². The lowest BCUT2D eigenvalue weighted by molar-refractivity contribution is 0.393. The fraction of sp³-hybridized carbons (Fsp3) is 0.308. The summed E-state index contributed by atoms with van der Waals surface area (Å²) >= 11 is 0. The molecule has 0 atom stereocenters. The van der Waals surface area contributed by atoms with E-state index in [0.717, 1.165) is 0 Å². The number of rotatable bonds is 1. The van der Waals surface area contributed by atoms with E-state index in [-0.39, 0.29) is 0 Å². The second kappa shape index (κ2) is 3.25. The molecular weight excluding hydrogens is 170 g/mol. The van der Waals surface area contributed by atoms with Gasteiger partial charge in [-0.2, -0.15) is 0 Å². The van der Waals surface area contributed by atoms with Gasteiger partial charge in [0.25, 0.3) is 0 Å². The zero-order valence-corrected chi connectivity index (χ0v) is 8.24. The Labute approximate surface area is 85.0 Å². The monoisotopic (exact) mass is 184 g/mol. The van der Waals surface area contributed by atoms with E-state index in [9.17, 15) is 0 Å². The number of nitrogens with zero attached hydrogens (tertiary/aromatic N) is 1. The molecule has 1 nitrogen and oxygen atoms in total. The average Bonchev–Trinajstić information content (AvgIpc) is 2.85. The van der Waals surface area contributed by atoms with Crippen molar-refractivity contribution in [1.29, 1.82) is 0 Å². The van der Waals surface area contributed by atoms with Crippen molar-refractivity contribution in [2.75, 3.05) is 13.1 Å². The number of hydrogen-bond donors (Lipinski definition) is 0. The molecule has 3 rings (SSSR count). The predicted octanol–water partition coefficient (Wildman–Crippen LogP) is 2.69. The number of hydrogen-bond acceptors (Lipinski definition) is 1. The van der Waals surface area contributed by atoms with Crippen LogP contribution in [0.5, 0.6) is 0 Å². The maximum Gasteiger partial charge on any atom is 0.0921 e. The largest absolute Gasteiger partial charge is 0.288 e. The molecule has 1 radical (unpaired) electrons. The summed E-state index contributed by atoms with van der Waals surface area (Å²) in [7, 11) is 0. The lowest BCUT2D eigenvalue weighted by atomic mass is 10.1. The summed E-state index contributed by atoms with van der Waals surface area (Å²) in [5.74, 6) is 0. The first-order valence-electron chi connectivity index (χ1n) is 5.34. The van der Waals surface area contributed by atoms with Gasteiger partial charge in [0.05, 0.1) is 6.04 Å². The summed E-state index contributed by atoms with van der Waals surface area (Å²) < 4.78 is 0. The molecule has 1 aliphatic heterocycles. The quantitative estimate of drug-likeness (QED) is 0.648. The summed E-state index contributed by atoms with van der Waals surface area (Å²) in [5.41, 5.74) is 2.78. The van der Waals surface area contributed by atoms with Gasteiger partial charge >= 0.3 is 0 Å². The molecule has 0 amide bonds.